The van der Waals surface area contributed by atoms with Gasteiger partial charge in [-0.3, -0.25) is 0 Å². The van der Waals surface area contributed by atoms with Gasteiger partial charge in [0.1, 0.15) is 30.4 Å². The SMILES string of the molecule is COC1C(S)OC(COF)C(OC)C1OF. The Labute approximate surface area is 97.1 Å². The summed E-state index contributed by atoms with van der Waals surface area (Å²) in [6, 6.07) is 0. The van der Waals surface area contributed by atoms with Crippen LogP contribution in [0.15, 0.2) is 0 Å². The molecule has 1 saturated heterocycles. The third-order valence-electron chi connectivity index (χ3n) is 2.48. The minimum Gasteiger partial charge on any atom is -0.376 e. The molecule has 5 atom stereocenters. The number of thiol groups is 1. The van der Waals surface area contributed by atoms with Crippen molar-refractivity contribution in [1.29, 1.82) is 0 Å². The van der Waals surface area contributed by atoms with Crippen molar-refractivity contribution in [2.24, 2.45) is 0 Å². The van der Waals surface area contributed by atoms with Crippen molar-refractivity contribution in [2.45, 2.75) is 29.9 Å². The van der Waals surface area contributed by atoms with Gasteiger partial charge in [0.05, 0.1) is 0 Å². The number of hydrogen-bond donors (Lipinski definition) is 1. The number of rotatable bonds is 5. The summed E-state index contributed by atoms with van der Waals surface area (Å²) in [7, 11) is 2.69. The predicted octanol–water partition coefficient (Wildman–Crippen LogP) is 0.842. The molecule has 1 aliphatic rings. The van der Waals surface area contributed by atoms with Crippen LogP contribution in [0.2, 0.25) is 0 Å². The van der Waals surface area contributed by atoms with Crippen molar-refractivity contribution < 1.29 is 33.1 Å². The summed E-state index contributed by atoms with van der Waals surface area (Å²) < 4.78 is 39.5. The molecule has 1 heterocycles. The summed E-state index contributed by atoms with van der Waals surface area (Å²) in [5, 5.41) is 0. The molecule has 0 saturated carbocycles. The molecule has 5 nitrogen and oxygen atoms in total. The van der Waals surface area contributed by atoms with Crippen LogP contribution in [-0.2, 0) is 24.1 Å². The summed E-state index contributed by atoms with van der Waals surface area (Å²) in [6.07, 6.45) is -3.46. The molecule has 8 heteroatoms. The van der Waals surface area contributed by atoms with E-state index in [0.29, 0.717) is 0 Å². The van der Waals surface area contributed by atoms with Gasteiger partial charge < -0.3 is 14.2 Å². The van der Waals surface area contributed by atoms with Crippen molar-refractivity contribution >= 4 is 12.6 Å². The first-order valence-electron chi connectivity index (χ1n) is 4.59. The van der Waals surface area contributed by atoms with Crippen molar-refractivity contribution in [3.8, 4) is 0 Å². The van der Waals surface area contributed by atoms with Gasteiger partial charge in [0.25, 0.3) is 0 Å². The van der Waals surface area contributed by atoms with E-state index in [0.717, 1.165) is 0 Å². The lowest BCUT2D eigenvalue weighted by molar-refractivity contribution is -0.306. The predicted molar refractivity (Wildman–Crippen MR) is 52.3 cm³/mol. The smallest absolute Gasteiger partial charge is 0.156 e. The molecule has 96 valence electrons. The molecule has 0 aromatic rings. The van der Waals surface area contributed by atoms with Gasteiger partial charge in [0.15, 0.2) is 6.10 Å². The topological polar surface area (TPSA) is 46.2 Å². The molecule has 1 aliphatic heterocycles. The molecule has 0 amide bonds. The molecular formula is C8H14F2O5S. The highest BCUT2D eigenvalue weighted by Gasteiger charge is 2.47. The Morgan fingerprint density at radius 2 is 1.75 bits per heavy atom. The normalized spacial score (nSPS) is 39.9. The van der Waals surface area contributed by atoms with Crippen molar-refractivity contribution in [2.75, 3.05) is 20.8 Å². The van der Waals surface area contributed by atoms with Gasteiger partial charge in [-0.25, -0.2) is 0 Å². The third-order valence-corrected chi connectivity index (χ3v) is 2.90. The Kier molecular flexibility index (Phi) is 5.87. The molecule has 0 aromatic carbocycles. The van der Waals surface area contributed by atoms with E-state index in [4.69, 9.17) is 14.2 Å². The Balaban J connectivity index is 2.78. The van der Waals surface area contributed by atoms with Crippen LogP contribution in [0.1, 0.15) is 0 Å². The van der Waals surface area contributed by atoms with Crippen molar-refractivity contribution in [1.82, 2.24) is 0 Å². The van der Waals surface area contributed by atoms with E-state index in [9.17, 15) is 9.05 Å². The largest absolute Gasteiger partial charge is 0.376 e. The van der Waals surface area contributed by atoms with E-state index in [-0.39, 0.29) is 0 Å². The first-order chi connectivity index (χ1) is 7.69. The van der Waals surface area contributed by atoms with Crippen LogP contribution in [-0.4, -0.2) is 50.7 Å². The fourth-order valence-corrected chi connectivity index (χ4v) is 2.18. The lowest BCUT2D eigenvalue weighted by Crippen LogP contribution is -2.58. The quantitative estimate of drug-likeness (QED) is 0.742. The summed E-state index contributed by atoms with van der Waals surface area (Å²) in [4.78, 5) is 7.25. The molecule has 0 N–H and O–H groups in total. The van der Waals surface area contributed by atoms with E-state index >= 15 is 0 Å². The summed E-state index contributed by atoms with van der Waals surface area (Å²) >= 11 is 4.05. The molecule has 1 fully saturated rings. The Bertz CT molecular complexity index is 211. The average molecular weight is 260 g/mol. The zero-order valence-corrected chi connectivity index (χ0v) is 9.73. The lowest BCUT2D eigenvalue weighted by atomic mass is 10.00. The second-order valence-electron chi connectivity index (χ2n) is 3.30. The molecule has 0 bridgehead atoms. The minimum atomic E-state index is -1.05. The fourth-order valence-electron chi connectivity index (χ4n) is 1.73. The maximum atomic E-state index is 12.5. The third kappa shape index (κ3) is 2.82. The Morgan fingerprint density at radius 3 is 2.19 bits per heavy atom. The van der Waals surface area contributed by atoms with E-state index in [1.54, 1.807) is 0 Å². The number of ether oxygens (including phenoxy) is 3. The minimum absolute atomic E-state index is 0.397. The molecule has 0 spiro atoms. The second kappa shape index (κ2) is 6.67. The molecule has 0 aliphatic carbocycles. The maximum Gasteiger partial charge on any atom is 0.156 e. The summed E-state index contributed by atoms with van der Waals surface area (Å²) in [5.41, 5.74) is -0.753. The maximum absolute atomic E-state index is 12.5. The number of halogens is 2. The van der Waals surface area contributed by atoms with Crippen LogP contribution in [0.5, 0.6) is 0 Å². The fraction of sp³-hybridized carbons (Fsp3) is 1.00. The second-order valence-corrected chi connectivity index (χ2v) is 3.80. The van der Waals surface area contributed by atoms with Crippen LogP contribution in [0.4, 0.5) is 9.05 Å². The summed E-state index contributed by atoms with van der Waals surface area (Å²) in [5.74, 6) is 0. The average Bonchev–Trinajstić information content (AvgIpc) is 2.28. The highest BCUT2D eigenvalue weighted by Crippen LogP contribution is 2.29. The lowest BCUT2D eigenvalue weighted by Gasteiger charge is -2.41. The van der Waals surface area contributed by atoms with Crippen LogP contribution >= 0.6 is 12.6 Å². The first kappa shape index (κ1) is 14.1. The van der Waals surface area contributed by atoms with Crippen LogP contribution in [0, 0.1) is 0 Å². The number of methoxy groups -OCH3 is 2. The molecular weight excluding hydrogens is 246 g/mol. The van der Waals surface area contributed by atoms with Crippen LogP contribution in [0.25, 0.3) is 0 Å². The van der Waals surface area contributed by atoms with Gasteiger partial charge in [0, 0.05) is 14.2 Å². The van der Waals surface area contributed by atoms with E-state index in [1.165, 1.54) is 14.2 Å². The van der Waals surface area contributed by atoms with Crippen LogP contribution in [0.3, 0.4) is 0 Å². The number of hydrogen-bond acceptors (Lipinski definition) is 6. The van der Waals surface area contributed by atoms with Gasteiger partial charge in [0.2, 0.25) is 0 Å². The zero-order valence-electron chi connectivity index (χ0n) is 8.84. The van der Waals surface area contributed by atoms with Gasteiger partial charge in [-0.15, -0.1) is 12.6 Å². The van der Waals surface area contributed by atoms with Crippen molar-refractivity contribution in [3.05, 3.63) is 0 Å². The Morgan fingerprint density at radius 1 is 1.12 bits per heavy atom. The Hall–Kier alpha value is 0.01000. The summed E-state index contributed by atoms with van der Waals surface area (Å²) in [6.45, 7) is -0.397. The van der Waals surface area contributed by atoms with Gasteiger partial charge in [-0.2, -0.15) is 9.88 Å². The monoisotopic (exact) mass is 260 g/mol. The molecule has 5 unspecified atom stereocenters. The highest BCUT2D eigenvalue weighted by molar-refractivity contribution is 7.80. The van der Waals surface area contributed by atoms with Gasteiger partial charge >= 0.3 is 0 Å². The molecule has 1 rings (SSSR count). The molecule has 16 heavy (non-hydrogen) atoms. The highest BCUT2D eigenvalue weighted by atomic mass is 32.1. The van der Waals surface area contributed by atoms with Gasteiger partial charge in [-0.1, -0.05) is 0 Å². The molecule has 0 aromatic heterocycles. The van der Waals surface area contributed by atoms with Crippen molar-refractivity contribution in [3.63, 3.8) is 0 Å². The van der Waals surface area contributed by atoms with E-state index in [2.05, 4.69) is 22.5 Å². The molecule has 0 radical (unpaired) electrons. The van der Waals surface area contributed by atoms with Crippen LogP contribution < -0.4 is 0 Å². The standard InChI is InChI=1S/C8H14F2O5S/c1-11-5-4(3-13-9)14-8(16)7(12-2)6(5)15-10/h4-8,16H,3H2,1-2H3. The van der Waals surface area contributed by atoms with E-state index < -0.39 is 36.5 Å². The first-order valence-corrected chi connectivity index (χ1v) is 5.11. The van der Waals surface area contributed by atoms with E-state index in [1.807, 2.05) is 0 Å². The zero-order chi connectivity index (χ0) is 12.1. The van der Waals surface area contributed by atoms with Gasteiger partial charge in [-0.05, 0) is 9.05 Å².